The van der Waals surface area contributed by atoms with E-state index in [1.807, 2.05) is 36.0 Å². The first-order valence-electron chi connectivity index (χ1n) is 9.14. The molecule has 1 aliphatic rings. The molecule has 1 unspecified atom stereocenters. The highest BCUT2D eigenvalue weighted by atomic mass is 15.3. The molecule has 0 saturated carbocycles. The van der Waals surface area contributed by atoms with Crippen molar-refractivity contribution in [2.24, 2.45) is 0 Å². The number of nitrogens with zero attached hydrogens (tertiary/aromatic N) is 4. The summed E-state index contributed by atoms with van der Waals surface area (Å²) in [5, 5.41) is 11.5. The molecule has 0 fully saturated rings. The number of nitrogens with one attached hydrogen (secondary N) is 2. The first kappa shape index (κ1) is 16.7. The molecule has 134 valence electrons. The van der Waals surface area contributed by atoms with Gasteiger partial charge >= 0.3 is 0 Å². The molecule has 4 rings (SSSR count). The molecule has 0 aliphatic carbocycles. The fourth-order valence-corrected chi connectivity index (χ4v) is 3.36. The van der Waals surface area contributed by atoms with Gasteiger partial charge in [0.1, 0.15) is 11.6 Å². The fourth-order valence-electron chi connectivity index (χ4n) is 3.36. The van der Waals surface area contributed by atoms with E-state index in [1.54, 1.807) is 0 Å². The van der Waals surface area contributed by atoms with Crippen LogP contribution in [0.2, 0.25) is 0 Å². The van der Waals surface area contributed by atoms with Gasteiger partial charge in [-0.25, -0.2) is 14.6 Å². The molecular weight excluding hydrogens is 324 g/mol. The first-order chi connectivity index (χ1) is 12.7. The summed E-state index contributed by atoms with van der Waals surface area (Å²) in [6.07, 6.45) is 5.89. The minimum absolute atomic E-state index is 0.113. The molecule has 0 bridgehead atoms. The van der Waals surface area contributed by atoms with Crippen molar-refractivity contribution in [3.8, 4) is 5.69 Å². The van der Waals surface area contributed by atoms with E-state index in [-0.39, 0.29) is 6.04 Å². The van der Waals surface area contributed by atoms with Crippen LogP contribution in [0.5, 0.6) is 0 Å². The predicted octanol–water partition coefficient (Wildman–Crippen LogP) is 2.83. The molecule has 0 amide bonds. The van der Waals surface area contributed by atoms with Gasteiger partial charge in [0, 0.05) is 30.3 Å². The number of hydrogen-bond donors (Lipinski definition) is 2. The van der Waals surface area contributed by atoms with E-state index >= 15 is 0 Å². The van der Waals surface area contributed by atoms with E-state index in [0.717, 1.165) is 54.5 Å². The number of anilines is 1. The monoisotopic (exact) mass is 348 g/mol. The van der Waals surface area contributed by atoms with E-state index in [9.17, 15) is 0 Å². The molecule has 1 aliphatic heterocycles. The molecule has 0 spiro atoms. The Morgan fingerprint density at radius 2 is 1.92 bits per heavy atom. The van der Waals surface area contributed by atoms with Crippen molar-refractivity contribution in [3.63, 3.8) is 0 Å². The third-order valence-corrected chi connectivity index (χ3v) is 4.77. The molecule has 26 heavy (non-hydrogen) atoms. The Morgan fingerprint density at radius 3 is 2.77 bits per heavy atom. The number of fused-ring (bicyclic) bond motifs is 1. The van der Waals surface area contributed by atoms with Gasteiger partial charge in [-0.2, -0.15) is 5.10 Å². The molecule has 0 radical (unpaired) electrons. The molecule has 0 saturated heterocycles. The minimum Gasteiger partial charge on any atom is -0.363 e. The van der Waals surface area contributed by atoms with Crippen LogP contribution in [0.25, 0.3) is 5.69 Å². The molecule has 1 atom stereocenters. The lowest BCUT2D eigenvalue weighted by Crippen LogP contribution is -2.16. The number of para-hydroxylation sites is 1. The van der Waals surface area contributed by atoms with E-state index in [4.69, 9.17) is 0 Å². The van der Waals surface area contributed by atoms with Crippen LogP contribution in [0.15, 0.2) is 42.7 Å². The normalized spacial score (nSPS) is 15.2. The van der Waals surface area contributed by atoms with Crippen molar-refractivity contribution >= 4 is 5.82 Å². The summed E-state index contributed by atoms with van der Waals surface area (Å²) < 4.78 is 1.91. The lowest BCUT2D eigenvalue weighted by atomic mass is 10.1. The molecule has 2 aromatic heterocycles. The van der Waals surface area contributed by atoms with Crippen LogP contribution in [0, 0.1) is 6.92 Å². The number of hydrogen-bond acceptors (Lipinski definition) is 5. The highest BCUT2D eigenvalue weighted by molar-refractivity contribution is 5.49. The van der Waals surface area contributed by atoms with Gasteiger partial charge in [-0.3, -0.25) is 0 Å². The lowest BCUT2D eigenvalue weighted by Gasteiger charge is -2.18. The van der Waals surface area contributed by atoms with Gasteiger partial charge in [0.15, 0.2) is 0 Å². The summed E-state index contributed by atoms with van der Waals surface area (Å²) in [6, 6.07) is 10.3. The number of aryl methyl sites for hydroxylation is 1. The Balaban J connectivity index is 1.58. The lowest BCUT2D eigenvalue weighted by molar-refractivity contribution is 0.708. The second-order valence-electron chi connectivity index (χ2n) is 6.71. The van der Waals surface area contributed by atoms with Crippen molar-refractivity contribution < 1.29 is 0 Å². The minimum atomic E-state index is 0.113. The Labute approximate surface area is 153 Å². The average molecular weight is 348 g/mol. The Bertz CT molecular complexity index is 887. The van der Waals surface area contributed by atoms with Crippen LogP contribution in [-0.4, -0.2) is 32.8 Å². The van der Waals surface area contributed by atoms with Gasteiger partial charge < -0.3 is 10.6 Å². The van der Waals surface area contributed by atoms with Crippen LogP contribution in [0.4, 0.5) is 5.82 Å². The zero-order valence-electron chi connectivity index (χ0n) is 15.2. The molecule has 6 nitrogen and oxygen atoms in total. The van der Waals surface area contributed by atoms with Gasteiger partial charge in [-0.05, 0) is 38.9 Å². The van der Waals surface area contributed by atoms with Crippen molar-refractivity contribution in [3.05, 3.63) is 65.4 Å². The third-order valence-electron chi connectivity index (χ3n) is 4.77. The zero-order chi connectivity index (χ0) is 17.9. The van der Waals surface area contributed by atoms with Crippen molar-refractivity contribution in [2.45, 2.75) is 32.7 Å². The van der Waals surface area contributed by atoms with Crippen LogP contribution < -0.4 is 10.6 Å². The molecule has 1 aromatic carbocycles. The van der Waals surface area contributed by atoms with Gasteiger partial charge in [-0.1, -0.05) is 18.2 Å². The maximum atomic E-state index is 4.68. The first-order valence-corrected chi connectivity index (χ1v) is 9.14. The predicted molar refractivity (Wildman–Crippen MR) is 103 cm³/mol. The van der Waals surface area contributed by atoms with E-state index < -0.39 is 0 Å². The summed E-state index contributed by atoms with van der Waals surface area (Å²) >= 11 is 0. The fraction of sp³-hybridized carbons (Fsp3) is 0.350. The molecular formula is C20H24N6. The quantitative estimate of drug-likeness (QED) is 0.759. The van der Waals surface area contributed by atoms with Crippen LogP contribution in [0.3, 0.4) is 0 Å². The summed E-state index contributed by atoms with van der Waals surface area (Å²) in [6.45, 7) is 6.05. The van der Waals surface area contributed by atoms with Gasteiger partial charge in [0.05, 0.1) is 23.6 Å². The number of rotatable bonds is 4. The van der Waals surface area contributed by atoms with E-state index in [0.29, 0.717) is 0 Å². The Kier molecular flexibility index (Phi) is 4.67. The molecule has 2 N–H and O–H groups in total. The highest BCUT2D eigenvalue weighted by Crippen LogP contribution is 2.24. The molecule has 3 aromatic rings. The number of aromatic nitrogens is 4. The Morgan fingerprint density at radius 1 is 1.12 bits per heavy atom. The number of benzene rings is 1. The van der Waals surface area contributed by atoms with Gasteiger partial charge in [0.25, 0.3) is 0 Å². The SMILES string of the molecule is Cc1nc2c(c(NC(C)c3cnn(-c4ccccc4)c3)n1)CCNCC2. The van der Waals surface area contributed by atoms with Gasteiger partial charge in [0.2, 0.25) is 0 Å². The van der Waals surface area contributed by atoms with E-state index in [2.05, 4.69) is 51.0 Å². The topological polar surface area (TPSA) is 67.7 Å². The molecule has 3 heterocycles. The smallest absolute Gasteiger partial charge is 0.133 e. The van der Waals surface area contributed by atoms with Crippen molar-refractivity contribution in [1.29, 1.82) is 0 Å². The summed E-state index contributed by atoms with van der Waals surface area (Å²) in [5.74, 6) is 1.77. The average Bonchev–Trinajstić information content (AvgIpc) is 3.03. The maximum absolute atomic E-state index is 4.68. The van der Waals surface area contributed by atoms with Crippen LogP contribution in [0.1, 0.15) is 35.6 Å². The standard InChI is InChI=1S/C20H24N6/c1-14(16-12-22-26(13-16)17-6-4-3-5-7-17)23-20-18-8-10-21-11-9-19(18)24-15(2)25-20/h3-7,12-14,21H,8-11H2,1-2H3,(H,23,24,25). The molecule has 6 heteroatoms. The van der Waals surface area contributed by atoms with Crippen molar-refractivity contribution in [2.75, 3.05) is 18.4 Å². The zero-order valence-corrected chi connectivity index (χ0v) is 15.2. The van der Waals surface area contributed by atoms with Crippen LogP contribution >= 0.6 is 0 Å². The van der Waals surface area contributed by atoms with Crippen LogP contribution in [-0.2, 0) is 12.8 Å². The van der Waals surface area contributed by atoms with Gasteiger partial charge in [-0.15, -0.1) is 0 Å². The maximum Gasteiger partial charge on any atom is 0.133 e. The van der Waals surface area contributed by atoms with E-state index in [1.165, 1.54) is 5.56 Å². The summed E-state index contributed by atoms with van der Waals surface area (Å²) in [4.78, 5) is 9.33. The largest absolute Gasteiger partial charge is 0.363 e. The summed E-state index contributed by atoms with van der Waals surface area (Å²) in [7, 11) is 0. The second kappa shape index (κ2) is 7.25. The highest BCUT2D eigenvalue weighted by Gasteiger charge is 2.18. The van der Waals surface area contributed by atoms with Crippen molar-refractivity contribution in [1.82, 2.24) is 25.1 Å². The second-order valence-corrected chi connectivity index (χ2v) is 6.71. The third kappa shape index (κ3) is 3.46. The Hall–Kier alpha value is -2.73. The summed E-state index contributed by atoms with van der Waals surface area (Å²) in [5.41, 5.74) is 4.59.